The van der Waals surface area contributed by atoms with E-state index in [-0.39, 0.29) is 24.3 Å². The molecule has 1 fully saturated rings. The number of para-hydroxylation sites is 1. The molecule has 9 heteroatoms. The first-order chi connectivity index (χ1) is 17.8. The van der Waals surface area contributed by atoms with E-state index < -0.39 is 18.0 Å². The van der Waals surface area contributed by atoms with Crippen LogP contribution in [0.2, 0.25) is 0 Å². The van der Waals surface area contributed by atoms with Crippen molar-refractivity contribution in [3.05, 3.63) is 89.7 Å². The van der Waals surface area contributed by atoms with Crippen molar-refractivity contribution in [2.75, 3.05) is 33.4 Å². The number of benzene rings is 2. The van der Waals surface area contributed by atoms with Gasteiger partial charge in [-0.25, -0.2) is 0 Å². The standard InChI is InChI=1S/C28H32F3N3O3/c1-36-22-8-6-7-21(19-22)26(24-10-4-5-14-32-24)33-27(35)20-12-15-34(16-13-20)17-18-37-25-11-3-2-9-23(25)28(29,30)31/h2-11,14,19-20,26-27,33,35H,12-13,15-18H2,1H3. The molecule has 198 valence electrons. The van der Waals surface area contributed by atoms with Crippen LogP contribution in [-0.2, 0) is 6.18 Å². The summed E-state index contributed by atoms with van der Waals surface area (Å²) >= 11 is 0. The fourth-order valence-corrected chi connectivity index (χ4v) is 4.63. The van der Waals surface area contributed by atoms with Crippen molar-refractivity contribution in [3.63, 3.8) is 0 Å². The second-order valence-corrected chi connectivity index (χ2v) is 9.10. The molecule has 0 aliphatic carbocycles. The van der Waals surface area contributed by atoms with E-state index in [4.69, 9.17) is 9.47 Å². The van der Waals surface area contributed by atoms with Gasteiger partial charge < -0.3 is 14.6 Å². The van der Waals surface area contributed by atoms with Gasteiger partial charge in [-0.05, 0) is 67.9 Å². The maximum Gasteiger partial charge on any atom is 0.419 e. The first-order valence-corrected chi connectivity index (χ1v) is 12.4. The Morgan fingerprint density at radius 2 is 1.81 bits per heavy atom. The van der Waals surface area contributed by atoms with E-state index in [0.29, 0.717) is 6.54 Å². The summed E-state index contributed by atoms with van der Waals surface area (Å²) in [6, 6.07) is 18.3. The second kappa shape index (κ2) is 12.4. The Kier molecular flexibility index (Phi) is 9.02. The van der Waals surface area contributed by atoms with Crippen LogP contribution in [0.4, 0.5) is 13.2 Å². The number of likely N-dealkylation sites (tertiary alicyclic amines) is 1. The van der Waals surface area contributed by atoms with Crippen molar-refractivity contribution in [3.8, 4) is 11.5 Å². The molecule has 2 N–H and O–H groups in total. The molecule has 4 rings (SSSR count). The summed E-state index contributed by atoms with van der Waals surface area (Å²) < 4.78 is 50.3. The Morgan fingerprint density at radius 1 is 1.05 bits per heavy atom. The molecule has 0 spiro atoms. The SMILES string of the molecule is COc1cccc(C(NC(O)C2CCN(CCOc3ccccc3C(F)(F)F)CC2)c2ccccn2)c1. The van der Waals surface area contributed by atoms with Crippen LogP contribution < -0.4 is 14.8 Å². The van der Waals surface area contributed by atoms with Gasteiger partial charge in [0, 0.05) is 18.7 Å². The number of aliphatic hydroxyl groups is 1. The lowest BCUT2D eigenvalue weighted by Gasteiger charge is -2.35. The average molecular weight is 516 g/mol. The summed E-state index contributed by atoms with van der Waals surface area (Å²) in [4.78, 5) is 6.64. The number of hydrogen-bond donors (Lipinski definition) is 2. The summed E-state index contributed by atoms with van der Waals surface area (Å²) in [5, 5.41) is 14.4. The van der Waals surface area contributed by atoms with Crippen molar-refractivity contribution < 1.29 is 27.8 Å². The van der Waals surface area contributed by atoms with E-state index in [1.165, 1.54) is 18.2 Å². The summed E-state index contributed by atoms with van der Waals surface area (Å²) in [5.74, 6) is 0.602. The summed E-state index contributed by atoms with van der Waals surface area (Å²) in [6.07, 6.45) is -1.98. The number of aliphatic hydroxyl groups excluding tert-OH is 1. The molecule has 0 bridgehead atoms. The molecule has 0 radical (unpaired) electrons. The highest BCUT2D eigenvalue weighted by atomic mass is 19.4. The van der Waals surface area contributed by atoms with Crippen LogP contribution in [0.25, 0.3) is 0 Å². The van der Waals surface area contributed by atoms with E-state index in [1.54, 1.807) is 13.3 Å². The third kappa shape index (κ3) is 7.21. The van der Waals surface area contributed by atoms with Crippen molar-refractivity contribution in [1.82, 2.24) is 15.2 Å². The van der Waals surface area contributed by atoms with Gasteiger partial charge >= 0.3 is 6.18 Å². The van der Waals surface area contributed by atoms with Gasteiger partial charge in [0.25, 0.3) is 0 Å². The normalized spacial score (nSPS) is 16.8. The number of ether oxygens (including phenoxy) is 2. The maximum atomic E-state index is 13.2. The van der Waals surface area contributed by atoms with Gasteiger partial charge in [0.1, 0.15) is 24.3 Å². The summed E-state index contributed by atoms with van der Waals surface area (Å²) in [5.41, 5.74) is 0.968. The Hall–Kier alpha value is -3.14. The predicted octanol–water partition coefficient (Wildman–Crippen LogP) is 4.90. The van der Waals surface area contributed by atoms with Gasteiger partial charge in [0.05, 0.1) is 24.4 Å². The van der Waals surface area contributed by atoms with E-state index in [2.05, 4.69) is 15.2 Å². The molecule has 1 aliphatic rings. The smallest absolute Gasteiger partial charge is 0.419 e. The molecule has 1 aromatic heterocycles. The first kappa shape index (κ1) is 26.9. The number of hydrogen-bond acceptors (Lipinski definition) is 6. The number of piperidine rings is 1. The topological polar surface area (TPSA) is 66.8 Å². The Morgan fingerprint density at radius 3 is 2.51 bits per heavy atom. The average Bonchev–Trinajstić information content (AvgIpc) is 2.92. The third-order valence-electron chi connectivity index (χ3n) is 6.68. The van der Waals surface area contributed by atoms with Gasteiger partial charge in [-0.3, -0.25) is 15.2 Å². The van der Waals surface area contributed by atoms with Crippen LogP contribution in [0.3, 0.4) is 0 Å². The van der Waals surface area contributed by atoms with E-state index >= 15 is 0 Å². The third-order valence-corrected chi connectivity index (χ3v) is 6.68. The molecular weight excluding hydrogens is 483 g/mol. The zero-order valence-corrected chi connectivity index (χ0v) is 20.7. The van der Waals surface area contributed by atoms with Crippen LogP contribution >= 0.6 is 0 Å². The minimum absolute atomic E-state index is 0.0277. The van der Waals surface area contributed by atoms with E-state index in [9.17, 15) is 18.3 Å². The van der Waals surface area contributed by atoms with Gasteiger partial charge in [-0.1, -0.05) is 30.3 Å². The van der Waals surface area contributed by atoms with E-state index in [0.717, 1.165) is 49.0 Å². The molecule has 37 heavy (non-hydrogen) atoms. The number of pyridine rings is 1. The van der Waals surface area contributed by atoms with Crippen LogP contribution in [0, 0.1) is 5.92 Å². The fourth-order valence-electron chi connectivity index (χ4n) is 4.63. The number of aromatic nitrogens is 1. The van der Waals surface area contributed by atoms with Crippen LogP contribution in [0.15, 0.2) is 72.9 Å². The van der Waals surface area contributed by atoms with Crippen LogP contribution in [-0.4, -0.2) is 54.6 Å². The van der Waals surface area contributed by atoms with Crippen LogP contribution in [0.1, 0.15) is 35.7 Å². The quantitative estimate of drug-likeness (QED) is 0.375. The van der Waals surface area contributed by atoms with Crippen molar-refractivity contribution >= 4 is 0 Å². The molecular formula is C28H32F3N3O3. The van der Waals surface area contributed by atoms with Gasteiger partial charge in [-0.2, -0.15) is 13.2 Å². The molecule has 2 aromatic carbocycles. The molecule has 6 nitrogen and oxygen atoms in total. The molecule has 0 amide bonds. The molecule has 1 aliphatic heterocycles. The lowest BCUT2D eigenvalue weighted by molar-refractivity contribution is -0.139. The number of alkyl halides is 3. The van der Waals surface area contributed by atoms with Gasteiger partial charge in [0.15, 0.2) is 0 Å². The minimum atomic E-state index is -4.45. The number of nitrogens with zero attached hydrogens (tertiary/aromatic N) is 2. The monoisotopic (exact) mass is 515 g/mol. The summed E-state index contributed by atoms with van der Waals surface area (Å²) in [6.45, 7) is 2.13. The maximum absolute atomic E-state index is 13.2. The van der Waals surface area contributed by atoms with Gasteiger partial charge in [0.2, 0.25) is 0 Å². The minimum Gasteiger partial charge on any atom is -0.497 e. The molecule has 1 saturated heterocycles. The Labute approximate surface area is 215 Å². The van der Waals surface area contributed by atoms with Gasteiger partial charge in [-0.15, -0.1) is 0 Å². The first-order valence-electron chi connectivity index (χ1n) is 12.4. The molecule has 2 atom stereocenters. The molecule has 2 heterocycles. The number of methoxy groups -OCH3 is 1. The highest BCUT2D eigenvalue weighted by Crippen LogP contribution is 2.36. The van der Waals surface area contributed by atoms with E-state index in [1.807, 2.05) is 42.5 Å². The van der Waals surface area contributed by atoms with Crippen LogP contribution in [0.5, 0.6) is 11.5 Å². The zero-order chi connectivity index (χ0) is 26.3. The Bertz CT molecular complexity index is 1120. The highest BCUT2D eigenvalue weighted by molar-refractivity contribution is 5.36. The lowest BCUT2D eigenvalue weighted by Crippen LogP contribution is -2.45. The highest BCUT2D eigenvalue weighted by Gasteiger charge is 2.34. The molecule has 3 aromatic rings. The number of halogens is 3. The molecule has 0 saturated carbocycles. The fraction of sp³-hybridized carbons (Fsp3) is 0.393. The number of rotatable bonds is 10. The Balaban J connectivity index is 1.31. The van der Waals surface area contributed by atoms with Crippen molar-refractivity contribution in [2.45, 2.75) is 31.3 Å². The molecule has 2 unspecified atom stereocenters. The van der Waals surface area contributed by atoms with Crippen molar-refractivity contribution in [2.24, 2.45) is 5.92 Å². The lowest BCUT2D eigenvalue weighted by atomic mass is 9.93. The largest absolute Gasteiger partial charge is 0.497 e. The second-order valence-electron chi connectivity index (χ2n) is 9.10. The summed E-state index contributed by atoms with van der Waals surface area (Å²) in [7, 11) is 1.62. The zero-order valence-electron chi connectivity index (χ0n) is 20.7. The predicted molar refractivity (Wildman–Crippen MR) is 134 cm³/mol. The van der Waals surface area contributed by atoms with Crippen molar-refractivity contribution in [1.29, 1.82) is 0 Å². The number of nitrogens with one attached hydrogen (secondary N) is 1.